The molecule has 0 amide bonds. The Morgan fingerprint density at radius 3 is 2.55 bits per heavy atom. The fourth-order valence-electron chi connectivity index (χ4n) is 2.23. The van der Waals surface area contributed by atoms with Crippen LogP contribution in [0, 0.1) is 0 Å². The van der Waals surface area contributed by atoms with Gasteiger partial charge >= 0.3 is 0 Å². The van der Waals surface area contributed by atoms with Crippen LogP contribution in [0.15, 0.2) is 48.7 Å². The van der Waals surface area contributed by atoms with Gasteiger partial charge in [-0.1, -0.05) is 41.9 Å². The first kappa shape index (κ1) is 13.0. The Bertz CT molecular complexity index is 732. The van der Waals surface area contributed by atoms with Gasteiger partial charge in [0.2, 0.25) is 0 Å². The first-order valence-corrected chi connectivity index (χ1v) is 7.02. The second-order valence-corrected chi connectivity index (χ2v) is 5.49. The molecule has 0 unspecified atom stereocenters. The molecular formula is C16H16ClN3. The van der Waals surface area contributed by atoms with Gasteiger partial charge in [0, 0.05) is 17.8 Å². The number of aromatic nitrogens is 2. The molecule has 3 rings (SSSR count). The van der Waals surface area contributed by atoms with Crippen molar-refractivity contribution in [1.82, 2.24) is 9.38 Å². The van der Waals surface area contributed by atoms with Crippen LogP contribution in [0.3, 0.4) is 0 Å². The lowest BCUT2D eigenvalue weighted by Crippen LogP contribution is -2.12. The van der Waals surface area contributed by atoms with E-state index in [1.54, 1.807) is 0 Å². The number of pyridine rings is 1. The van der Waals surface area contributed by atoms with Gasteiger partial charge in [-0.3, -0.25) is 4.40 Å². The summed E-state index contributed by atoms with van der Waals surface area (Å²) in [4.78, 5) is 4.72. The van der Waals surface area contributed by atoms with Gasteiger partial charge in [0.05, 0.1) is 5.02 Å². The third-order valence-corrected chi connectivity index (χ3v) is 3.28. The summed E-state index contributed by atoms with van der Waals surface area (Å²) in [5, 5.41) is 4.16. The van der Waals surface area contributed by atoms with E-state index in [0.717, 1.165) is 22.7 Å². The van der Waals surface area contributed by atoms with Gasteiger partial charge < -0.3 is 5.32 Å². The van der Waals surface area contributed by atoms with E-state index in [0.29, 0.717) is 11.1 Å². The van der Waals surface area contributed by atoms with E-state index in [4.69, 9.17) is 16.6 Å². The molecule has 0 aliphatic heterocycles. The summed E-state index contributed by atoms with van der Waals surface area (Å²) >= 11 is 6.11. The van der Waals surface area contributed by atoms with Crippen molar-refractivity contribution in [3.8, 4) is 11.3 Å². The first-order chi connectivity index (χ1) is 9.65. The minimum atomic E-state index is 0.316. The standard InChI is InChI=1S/C16H16ClN3/c1-11(2)18-16-15(12-6-4-3-5-7-12)19-14-9-8-13(17)10-20(14)16/h3-11,18H,1-2H3. The molecule has 3 nitrogen and oxygen atoms in total. The molecule has 0 atom stereocenters. The Morgan fingerprint density at radius 2 is 1.85 bits per heavy atom. The molecule has 1 aromatic carbocycles. The predicted octanol–water partition coefficient (Wildman–Crippen LogP) is 4.48. The average Bonchev–Trinajstić information content (AvgIpc) is 2.77. The van der Waals surface area contributed by atoms with Crippen LogP contribution in [-0.4, -0.2) is 15.4 Å². The molecule has 0 bridgehead atoms. The lowest BCUT2D eigenvalue weighted by atomic mass is 10.1. The van der Waals surface area contributed by atoms with Crippen molar-refractivity contribution < 1.29 is 0 Å². The van der Waals surface area contributed by atoms with Crippen LogP contribution < -0.4 is 5.32 Å². The molecular weight excluding hydrogens is 270 g/mol. The van der Waals surface area contributed by atoms with Gasteiger partial charge in [-0.2, -0.15) is 0 Å². The van der Waals surface area contributed by atoms with Gasteiger partial charge in [-0.15, -0.1) is 0 Å². The highest BCUT2D eigenvalue weighted by atomic mass is 35.5. The van der Waals surface area contributed by atoms with Crippen molar-refractivity contribution in [1.29, 1.82) is 0 Å². The molecule has 0 saturated carbocycles. The maximum atomic E-state index is 6.11. The predicted molar refractivity (Wildman–Crippen MR) is 84.4 cm³/mol. The van der Waals surface area contributed by atoms with Crippen LogP contribution >= 0.6 is 11.6 Å². The number of anilines is 1. The molecule has 0 aliphatic rings. The molecule has 0 fully saturated rings. The molecule has 2 heterocycles. The summed E-state index contributed by atoms with van der Waals surface area (Å²) in [6.07, 6.45) is 1.89. The monoisotopic (exact) mass is 285 g/mol. The Balaban J connectivity index is 2.25. The zero-order chi connectivity index (χ0) is 14.1. The van der Waals surface area contributed by atoms with Crippen LogP contribution in [0.4, 0.5) is 5.82 Å². The number of halogens is 1. The molecule has 102 valence electrons. The lowest BCUT2D eigenvalue weighted by Gasteiger charge is -2.11. The van der Waals surface area contributed by atoms with E-state index in [-0.39, 0.29) is 0 Å². The Hall–Kier alpha value is -2.00. The Kier molecular flexibility index (Phi) is 3.36. The van der Waals surface area contributed by atoms with Crippen molar-refractivity contribution in [2.45, 2.75) is 19.9 Å². The molecule has 3 aromatic rings. The van der Waals surface area contributed by atoms with Gasteiger partial charge in [0.15, 0.2) is 0 Å². The summed E-state index contributed by atoms with van der Waals surface area (Å²) in [5.74, 6) is 0.976. The van der Waals surface area contributed by atoms with E-state index < -0.39 is 0 Å². The zero-order valence-electron chi connectivity index (χ0n) is 11.5. The largest absolute Gasteiger partial charge is 0.367 e. The number of hydrogen-bond acceptors (Lipinski definition) is 2. The summed E-state index contributed by atoms with van der Waals surface area (Å²) in [6, 6.07) is 14.3. The van der Waals surface area contributed by atoms with Crippen LogP contribution in [0.5, 0.6) is 0 Å². The molecule has 0 radical (unpaired) electrons. The fourth-order valence-corrected chi connectivity index (χ4v) is 2.39. The third-order valence-electron chi connectivity index (χ3n) is 3.06. The topological polar surface area (TPSA) is 29.3 Å². The molecule has 0 aliphatic carbocycles. The van der Waals surface area contributed by atoms with E-state index in [1.165, 1.54) is 0 Å². The molecule has 0 saturated heterocycles. The van der Waals surface area contributed by atoms with Crippen LogP contribution in [-0.2, 0) is 0 Å². The van der Waals surface area contributed by atoms with E-state index in [2.05, 4.69) is 31.3 Å². The number of hydrogen-bond donors (Lipinski definition) is 1. The van der Waals surface area contributed by atoms with Crippen molar-refractivity contribution in [2.24, 2.45) is 0 Å². The summed E-state index contributed by atoms with van der Waals surface area (Å²) in [6.45, 7) is 4.22. The third kappa shape index (κ3) is 2.37. The van der Waals surface area contributed by atoms with E-state index in [9.17, 15) is 0 Å². The molecule has 2 aromatic heterocycles. The number of fused-ring (bicyclic) bond motifs is 1. The Morgan fingerprint density at radius 1 is 1.10 bits per heavy atom. The number of imidazole rings is 1. The second-order valence-electron chi connectivity index (χ2n) is 5.05. The zero-order valence-corrected chi connectivity index (χ0v) is 12.2. The van der Waals surface area contributed by atoms with Crippen molar-refractivity contribution in [3.05, 3.63) is 53.7 Å². The maximum absolute atomic E-state index is 6.11. The number of benzene rings is 1. The van der Waals surface area contributed by atoms with Crippen molar-refractivity contribution >= 4 is 23.1 Å². The highest BCUT2D eigenvalue weighted by Gasteiger charge is 2.14. The lowest BCUT2D eigenvalue weighted by molar-refractivity contribution is 0.885. The normalized spacial score (nSPS) is 11.2. The van der Waals surface area contributed by atoms with Crippen molar-refractivity contribution in [2.75, 3.05) is 5.32 Å². The molecule has 4 heteroatoms. The summed E-state index contributed by atoms with van der Waals surface area (Å²) in [5.41, 5.74) is 2.92. The number of nitrogens with one attached hydrogen (secondary N) is 1. The second kappa shape index (κ2) is 5.17. The number of nitrogens with zero attached hydrogens (tertiary/aromatic N) is 2. The van der Waals surface area contributed by atoms with Crippen LogP contribution in [0.2, 0.25) is 5.02 Å². The minimum Gasteiger partial charge on any atom is -0.367 e. The SMILES string of the molecule is CC(C)Nc1c(-c2ccccc2)nc2ccc(Cl)cn12. The highest BCUT2D eigenvalue weighted by Crippen LogP contribution is 2.30. The summed E-state index contributed by atoms with van der Waals surface area (Å²) in [7, 11) is 0. The van der Waals surface area contributed by atoms with E-state index in [1.807, 2.05) is 40.9 Å². The van der Waals surface area contributed by atoms with Gasteiger partial charge in [0.1, 0.15) is 17.2 Å². The minimum absolute atomic E-state index is 0.316. The van der Waals surface area contributed by atoms with Crippen molar-refractivity contribution in [3.63, 3.8) is 0 Å². The summed E-state index contributed by atoms with van der Waals surface area (Å²) < 4.78 is 2.00. The highest BCUT2D eigenvalue weighted by molar-refractivity contribution is 6.30. The number of rotatable bonds is 3. The first-order valence-electron chi connectivity index (χ1n) is 6.65. The maximum Gasteiger partial charge on any atom is 0.139 e. The quantitative estimate of drug-likeness (QED) is 0.769. The molecule has 1 N–H and O–H groups in total. The van der Waals surface area contributed by atoms with Gasteiger partial charge in [-0.05, 0) is 26.0 Å². The van der Waals surface area contributed by atoms with E-state index >= 15 is 0 Å². The van der Waals surface area contributed by atoms with Crippen LogP contribution in [0.25, 0.3) is 16.9 Å². The fraction of sp³-hybridized carbons (Fsp3) is 0.188. The van der Waals surface area contributed by atoms with Crippen LogP contribution in [0.1, 0.15) is 13.8 Å². The smallest absolute Gasteiger partial charge is 0.139 e. The van der Waals surface area contributed by atoms with Gasteiger partial charge in [-0.25, -0.2) is 4.98 Å². The van der Waals surface area contributed by atoms with Gasteiger partial charge in [0.25, 0.3) is 0 Å². The Labute approximate surface area is 123 Å². The average molecular weight is 286 g/mol. The molecule has 0 spiro atoms. The molecule has 20 heavy (non-hydrogen) atoms.